The average molecular weight is 260 g/mol. The van der Waals surface area contributed by atoms with Crippen LogP contribution in [0.1, 0.15) is 49.0 Å². The van der Waals surface area contributed by atoms with Crippen molar-refractivity contribution in [1.82, 2.24) is 20.2 Å². The van der Waals surface area contributed by atoms with Crippen molar-refractivity contribution in [1.29, 1.82) is 0 Å². The molecule has 2 aliphatic heterocycles. The number of likely N-dealkylation sites (tertiary alicyclic amines) is 1. The Bertz CT molecular complexity index is 406. The van der Waals surface area contributed by atoms with E-state index in [1.165, 1.54) is 44.5 Å². The van der Waals surface area contributed by atoms with E-state index >= 15 is 0 Å². The Hall–Kier alpha value is -1.00. The number of nitrogens with one attached hydrogen (secondary N) is 1. The highest BCUT2D eigenvalue weighted by molar-refractivity contribution is 5.12. The quantitative estimate of drug-likeness (QED) is 0.879. The van der Waals surface area contributed by atoms with Crippen LogP contribution in [0.15, 0.2) is 12.3 Å². The fourth-order valence-electron chi connectivity index (χ4n) is 3.20. The highest BCUT2D eigenvalue weighted by Gasteiger charge is 2.22. The number of hydrogen-bond acceptors (Lipinski definition) is 4. The van der Waals surface area contributed by atoms with Gasteiger partial charge in [-0.1, -0.05) is 0 Å². The highest BCUT2D eigenvalue weighted by atomic mass is 15.1. The summed E-state index contributed by atoms with van der Waals surface area (Å²) in [7, 11) is 2.21. The van der Waals surface area contributed by atoms with E-state index < -0.39 is 0 Å². The zero-order chi connectivity index (χ0) is 13.1. The third-order valence-electron chi connectivity index (χ3n) is 4.54. The average Bonchev–Trinajstić information content (AvgIpc) is 2.49. The summed E-state index contributed by atoms with van der Waals surface area (Å²) in [5, 5.41) is 3.41. The molecule has 0 unspecified atom stereocenters. The summed E-state index contributed by atoms with van der Waals surface area (Å²) in [6.07, 6.45) is 6.80. The predicted octanol–water partition coefficient (Wildman–Crippen LogP) is 1.75. The van der Waals surface area contributed by atoms with Crippen LogP contribution in [0.4, 0.5) is 0 Å². The molecule has 4 nitrogen and oxygen atoms in total. The molecule has 0 saturated carbocycles. The van der Waals surface area contributed by atoms with Crippen molar-refractivity contribution in [3.63, 3.8) is 0 Å². The number of aromatic nitrogens is 2. The van der Waals surface area contributed by atoms with E-state index in [4.69, 9.17) is 4.98 Å². The molecular weight excluding hydrogens is 236 g/mol. The molecular formula is C15H24N4. The number of nitrogens with zero attached hydrogens (tertiary/aromatic N) is 3. The molecule has 0 radical (unpaired) electrons. The van der Waals surface area contributed by atoms with Crippen LogP contribution in [-0.2, 0) is 0 Å². The van der Waals surface area contributed by atoms with Gasteiger partial charge in [0.05, 0.1) is 0 Å². The lowest BCUT2D eigenvalue weighted by Gasteiger charge is -2.29. The fourth-order valence-corrected chi connectivity index (χ4v) is 3.20. The summed E-state index contributed by atoms with van der Waals surface area (Å²) in [6.45, 7) is 4.59. The summed E-state index contributed by atoms with van der Waals surface area (Å²) in [4.78, 5) is 11.8. The van der Waals surface area contributed by atoms with E-state index in [1.807, 2.05) is 6.20 Å². The van der Waals surface area contributed by atoms with Gasteiger partial charge in [-0.3, -0.25) is 0 Å². The van der Waals surface area contributed by atoms with E-state index in [0.29, 0.717) is 11.8 Å². The van der Waals surface area contributed by atoms with Gasteiger partial charge in [0, 0.05) is 23.7 Å². The van der Waals surface area contributed by atoms with E-state index in [1.54, 1.807) is 0 Å². The van der Waals surface area contributed by atoms with Crippen LogP contribution < -0.4 is 5.32 Å². The van der Waals surface area contributed by atoms with Crippen molar-refractivity contribution in [2.75, 3.05) is 33.2 Å². The molecule has 1 aromatic rings. The molecule has 2 aliphatic rings. The molecule has 3 heterocycles. The Balaban J connectivity index is 1.72. The topological polar surface area (TPSA) is 41.1 Å². The second-order valence-corrected chi connectivity index (χ2v) is 5.94. The Morgan fingerprint density at radius 3 is 2.58 bits per heavy atom. The molecule has 2 saturated heterocycles. The van der Waals surface area contributed by atoms with Crippen molar-refractivity contribution < 1.29 is 0 Å². The van der Waals surface area contributed by atoms with Crippen molar-refractivity contribution in [2.45, 2.75) is 37.5 Å². The van der Waals surface area contributed by atoms with E-state index in [0.717, 1.165) is 18.9 Å². The molecule has 1 N–H and O–H groups in total. The monoisotopic (exact) mass is 260 g/mol. The van der Waals surface area contributed by atoms with Gasteiger partial charge in [-0.15, -0.1) is 0 Å². The normalized spacial score (nSPS) is 23.6. The van der Waals surface area contributed by atoms with Gasteiger partial charge < -0.3 is 10.2 Å². The Labute approximate surface area is 115 Å². The van der Waals surface area contributed by atoms with Gasteiger partial charge in [-0.05, 0) is 65.0 Å². The maximum absolute atomic E-state index is 4.89. The standard InChI is InChI=1S/C15H24N4/c1-19-10-5-12(6-11-19)14-4-9-17-15(18-14)13-2-7-16-8-3-13/h4,9,12-13,16H,2-3,5-8,10-11H2,1H3. The molecule has 0 amide bonds. The molecule has 104 valence electrons. The molecule has 0 aromatic carbocycles. The SMILES string of the molecule is CN1CCC(c2ccnc(C3CCNCC3)n2)CC1. The largest absolute Gasteiger partial charge is 0.317 e. The Kier molecular flexibility index (Phi) is 4.09. The minimum absolute atomic E-state index is 0.562. The second kappa shape index (κ2) is 5.97. The summed E-state index contributed by atoms with van der Waals surface area (Å²) in [5.74, 6) is 2.28. The first kappa shape index (κ1) is 13.0. The van der Waals surface area contributed by atoms with Crippen LogP contribution >= 0.6 is 0 Å². The smallest absolute Gasteiger partial charge is 0.131 e. The van der Waals surface area contributed by atoms with Crippen LogP contribution in [0.3, 0.4) is 0 Å². The van der Waals surface area contributed by atoms with Crippen LogP contribution in [-0.4, -0.2) is 48.1 Å². The first-order valence-electron chi connectivity index (χ1n) is 7.55. The zero-order valence-corrected chi connectivity index (χ0v) is 11.8. The molecule has 19 heavy (non-hydrogen) atoms. The lowest BCUT2D eigenvalue weighted by Crippen LogP contribution is -2.30. The minimum Gasteiger partial charge on any atom is -0.317 e. The van der Waals surface area contributed by atoms with E-state index in [-0.39, 0.29) is 0 Å². The van der Waals surface area contributed by atoms with Crippen LogP contribution in [0.5, 0.6) is 0 Å². The third-order valence-corrected chi connectivity index (χ3v) is 4.54. The molecule has 0 aliphatic carbocycles. The lowest BCUT2D eigenvalue weighted by atomic mass is 9.92. The van der Waals surface area contributed by atoms with Crippen molar-refractivity contribution in [2.24, 2.45) is 0 Å². The summed E-state index contributed by atoms with van der Waals surface area (Å²) in [5.41, 5.74) is 1.27. The zero-order valence-electron chi connectivity index (χ0n) is 11.8. The molecule has 0 bridgehead atoms. The first-order chi connectivity index (χ1) is 9.33. The molecule has 0 atom stereocenters. The van der Waals surface area contributed by atoms with Crippen molar-refractivity contribution in [3.8, 4) is 0 Å². The fraction of sp³-hybridized carbons (Fsp3) is 0.733. The van der Waals surface area contributed by atoms with Crippen LogP contribution in [0, 0.1) is 0 Å². The van der Waals surface area contributed by atoms with Gasteiger partial charge in [0.1, 0.15) is 5.82 Å². The number of piperidine rings is 2. The van der Waals surface area contributed by atoms with Crippen LogP contribution in [0.2, 0.25) is 0 Å². The molecule has 4 heteroatoms. The van der Waals surface area contributed by atoms with Gasteiger partial charge in [0.2, 0.25) is 0 Å². The first-order valence-corrected chi connectivity index (χ1v) is 7.55. The van der Waals surface area contributed by atoms with Crippen LogP contribution in [0.25, 0.3) is 0 Å². The van der Waals surface area contributed by atoms with E-state index in [2.05, 4.69) is 28.3 Å². The molecule has 2 fully saturated rings. The van der Waals surface area contributed by atoms with Gasteiger partial charge >= 0.3 is 0 Å². The minimum atomic E-state index is 0.562. The second-order valence-electron chi connectivity index (χ2n) is 5.94. The van der Waals surface area contributed by atoms with E-state index in [9.17, 15) is 0 Å². The van der Waals surface area contributed by atoms with Crippen molar-refractivity contribution >= 4 is 0 Å². The van der Waals surface area contributed by atoms with Gasteiger partial charge in [0.25, 0.3) is 0 Å². The Morgan fingerprint density at radius 1 is 1.11 bits per heavy atom. The summed E-state index contributed by atoms with van der Waals surface area (Å²) >= 11 is 0. The van der Waals surface area contributed by atoms with Gasteiger partial charge in [0.15, 0.2) is 0 Å². The maximum atomic E-state index is 4.89. The molecule has 1 aromatic heterocycles. The lowest BCUT2D eigenvalue weighted by molar-refractivity contribution is 0.253. The summed E-state index contributed by atoms with van der Waals surface area (Å²) < 4.78 is 0. The maximum Gasteiger partial charge on any atom is 0.131 e. The predicted molar refractivity (Wildman–Crippen MR) is 76.3 cm³/mol. The third kappa shape index (κ3) is 3.12. The number of hydrogen-bond donors (Lipinski definition) is 1. The summed E-state index contributed by atoms with van der Waals surface area (Å²) in [6, 6.07) is 2.13. The van der Waals surface area contributed by atoms with Gasteiger partial charge in [-0.2, -0.15) is 0 Å². The van der Waals surface area contributed by atoms with Gasteiger partial charge in [-0.25, -0.2) is 9.97 Å². The number of rotatable bonds is 2. The molecule has 3 rings (SSSR count). The Morgan fingerprint density at radius 2 is 1.84 bits per heavy atom. The van der Waals surface area contributed by atoms with Crippen molar-refractivity contribution in [3.05, 3.63) is 23.8 Å². The molecule has 0 spiro atoms. The highest BCUT2D eigenvalue weighted by Crippen LogP contribution is 2.28.